The SMILES string of the molecule is CCCCCCCC/C=C\CCCCCCCC(=O)OCCCCCCCCCCCCCCC(=O)NC(CO)C(O)/C=C/CCCCCCCCCCCCCCCCCC. The van der Waals surface area contributed by atoms with Gasteiger partial charge in [0.1, 0.15) is 0 Å². The van der Waals surface area contributed by atoms with Crippen molar-refractivity contribution in [3.05, 3.63) is 24.3 Å². The highest BCUT2D eigenvalue weighted by molar-refractivity contribution is 5.76. The summed E-state index contributed by atoms with van der Waals surface area (Å²) in [5, 5.41) is 23.1. The van der Waals surface area contributed by atoms with Crippen molar-refractivity contribution >= 4 is 11.9 Å². The number of unbranched alkanes of at least 4 members (excludes halogenated alkanes) is 38. The zero-order valence-corrected chi connectivity index (χ0v) is 41.6. The van der Waals surface area contributed by atoms with Gasteiger partial charge < -0.3 is 20.3 Å². The number of hydrogen-bond acceptors (Lipinski definition) is 5. The molecule has 62 heavy (non-hydrogen) atoms. The van der Waals surface area contributed by atoms with Gasteiger partial charge in [0, 0.05) is 12.8 Å². The number of hydrogen-bond donors (Lipinski definition) is 3. The Bertz CT molecular complexity index is 966. The van der Waals surface area contributed by atoms with Crippen LogP contribution in [-0.4, -0.2) is 47.4 Å². The van der Waals surface area contributed by atoms with E-state index in [0.717, 1.165) is 57.8 Å². The van der Waals surface area contributed by atoms with Crippen LogP contribution in [0.4, 0.5) is 0 Å². The largest absolute Gasteiger partial charge is 0.466 e. The van der Waals surface area contributed by atoms with Gasteiger partial charge in [-0.3, -0.25) is 9.59 Å². The molecule has 0 radical (unpaired) electrons. The Kier molecular flexibility index (Phi) is 50.6. The lowest BCUT2D eigenvalue weighted by molar-refractivity contribution is -0.143. The standard InChI is InChI=1S/C56H107NO5/c1-3-5-7-9-11-13-15-17-19-20-21-23-24-28-32-36-40-44-48-54(59)53(52-58)57-55(60)49-45-41-37-33-29-26-27-31-35-39-43-47-51-62-56(61)50-46-42-38-34-30-25-22-18-16-14-12-10-8-6-4-2/h18,22,44,48,53-54,58-59H,3-17,19-21,23-43,45-47,49-52H2,1-2H3,(H,57,60)/b22-18-,48-44+. The smallest absolute Gasteiger partial charge is 0.305 e. The highest BCUT2D eigenvalue weighted by atomic mass is 16.5. The van der Waals surface area contributed by atoms with Crippen LogP contribution in [0.2, 0.25) is 0 Å². The van der Waals surface area contributed by atoms with Crippen molar-refractivity contribution in [1.82, 2.24) is 5.32 Å². The van der Waals surface area contributed by atoms with E-state index in [1.165, 1.54) is 212 Å². The lowest BCUT2D eigenvalue weighted by atomic mass is 10.0. The number of amides is 1. The Morgan fingerprint density at radius 1 is 0.435 bits per heavy atom. The molecule has 0 aliphatic heterocycles. The van der Waals surface area contributed by atoms with Crippen LogP contribution in [0.15, 0.2) is 24.3 Å². The van der Waals surface area contributed by atoms with Gasteiger partial charge in [-0.1, -0.05) is 250 Å². The zero-order valence-electron chi connectivity index (χ0n) is 41.6. The van der Waals surface area contributed by atoms with Crippen LogP contribution in [0.1, 0.15) is 296 Å². The summed E-state index contributed by atoms with van der Waals surface area (Å²) in [4.78, 5) is 24.5. The molecule has 6 nitrogen and oxygen atoms in total. The second-order valence-electron chi connectivity index (χ2n) is 18.9. The molecule has 6 heteroatoms. The van der Waals surface area contributed by atoms with Gasteiger partial charge in [-0.15, -0.1) is 0 Å². The monoisotopic (exact) mass is 874 g/mol. The first-order valence-electron chi connectivity index (χ1n) is 27.6. The molecule has 1 amide bonds. The van der Waals surface area contributed by atoms with Gasteiger partial charge in [0.25, 0.3) is 0 Å². The number of allylic oxidation sites excluding steroid dienone is 3. The number of aliphatic hydroxyl groups excluding tert-OH is 2. The number of carbonyl (C=O) groups excluding carboxylic acids is 2. The highest BCUT2D eigenvalue weighted by Gasteiger charge is 2.18. The fourth-order valence-electron chi connectivity index (χ4n) is 8.45. The average molecular weight is 874 g/mol. The van der Waals surface area contributed by atoms with Crippen LogP contribution < -0.4 is 5.32 Å². The van der Waals surface area contributed by atoms with Gasteiger partial charge in [-0.05, 0) is 57.8 Å². The molecule has 2 unspecified atom stereocenters. The molecule has 2 atom stereocenters. The molecule has 0 aliphatic rings. The Morgan fingerprint density at radius 3 is 1.15 bits per heavy atom. The summed E-state index contributed by atoms with van der Waals surface area (Å²) in [5.41, 5.74) is 0. The van der Waals surface area contributed by atoms with Crippen molar-refractivity contribution in [2.45, 2.75) is 309 Å². The molecule has 0 rings (SSSR count). The minimum absolute atomic E-state index is 0.0185. The van der Waals surface area contributed by atoms with Gasteiger partial charge in [0.05, 0.1) is 25.4 Å². The Labute approximate surface area is 386 Å². The average Bonchev–Trinajstić information content (AvgIpc) is 3.27. The Hall–Kier alpha value is -1.66. The lowest BCUT2D eigenvalue weighted by Gasteiger charge is -2.20. The summed E-state index contributed by atoms with van der Waals surface area (Å²) in [6.45, 7) is 4.87. The van der Waals surface area contributed by atoms with Gasteiger partial charge in [-0.2, -0.15) is 0 Å². The van der Waals surface area contributed by atoms with Gasteiger partial charge >= 0.3 is 5.97 Å². The third-order valence-corrected chi connectivity index (χ3v) is 12.7. The summed E-state index contributed by atoms with van der Waals surface area (Å²) < 4.78 is 5.46. The molecule has 0 aromatic heterocycles. The number of aliphatic hydroxyl groups is 2. The van der Waals surface area contributed by atoms with Crippen molar-refractivity contribution in [2.24, 2.45) is 0 Å². The number of esters is 1. The first-order chi connectivity index (χ1) is 30.5. The highest BCUT2D eigenvalue weighted by Crippen LogP contribution is 2.16. The van der Waals surface area contributed by atoms with Crippen LogP contribution in [0.25, 0.3) is 0 Å². The van der Waals surface area contributed by atoms with Crippen molar-refractivity contribution in [3.8, 4) is 0 Å². The second-order valence-corrected chi connectivity index (χ2v) is 18.9. The minimum atomic E-state index is -0.855. The minimum Gasteiger partial charge on any atom is -0.466 e. The molecule has 0 aliphatic carbocycles. The maximum Gasteiger partial charge on any atom is 0.305 e. The molecule has 0 saturated carbocycles. The Morgan fingerprint density at radius 2 is 0.758 bits per heavy atom. The molecular formula is C56H107NO5. The van der Waals surface area contributed by atoms with E-state index in [0.29, 0.717) is 19.4 Å². The van der Waals surface area contributed by atoms with E-state index in [2.05, 4.69) is 31.3 Å². The maximum absolute atomic E-state index is 12.5. The van der Waals surface area contributed by atoms with Crippen LogP contribution in [0, 0.1) is 0 Å². The van der Waals surface area contributed by atoms with Gasteiger partial charge in [0.15, 0.2) is 0 Å². The van der Waals surface area contributed by atoms with Crippen LogP contribution in [-0.2, 0) is 14.3 Å². The van der Waals surface area contributed by atoms with Crippen molar-refractivity contribution in [3.63, 3.8) is 0 Å². The van der Waals surface area contributed by atoms with Crippen LogP contribution in [0.3, 0.4) is 0 Å². The van der Waals surface area contributed by atoms with Gasteiger partial charge in [0.2, 0.25) is 5.91 Å². The number of carbonyl (C=O) groups is 2. The first kappa shape index (κ1) is 60.3. The third-order valence-electron chi connectivity index (χ3n) is 12.7. The summed E-state index contributed by atoms with van der Waals surface area (Å²) in [7, 11) is 0. The summed E-state index contributed by atoms with van der Waals surface area (Å²) in [6.07, 6.45) is 61.8. The van der Waals surface area contributed by atoms with E-state index in [1.54, 1.807) is 6.08 Å². The first-order valence-corrected chi connectivity index (χ1v) is 27.6. The normalized spacial score (nSPS) is 12.8. The fourth-order valence-corrected chi connectivity index (χ4v) is 8.45. The second kappa shape index (κ2) is 52.0. The molecule has 0 heterocycles. The molecule has 0 aromatic rings. The zero-order chi connectivity index (χ0) is 45.1. The molecule has 366 valence electrons. The van der Waals surface area contributed by atoms with Crippen molar-refractivity contribution in [1.29, 1.82) is 0 Å². The molecule has 0 bridgehead atoms. The third kappa shape index (κ3) is 47.8. The van der Waals surface area contributed by atoms with E-state index in [1.807, 2.05) is 6.08 Å². The van der Waals surface area contributed by atoms with Crippen LogP contribution in [0.5, 0.6) is 0 Å². The lowest BCUT2D eigenvalue weighted by Crippen LogP contribution is -2.45. The van der Waals surface area contributed by atoms with E-state index >= 15 is 0 Å². The molecule has 0 fully saturated rings. The predicted molar refractivity (Wildman–Crippen MR) is 269 cm³/mol. The quantitative estimate of drug-likeness (QED) is 0.0321. The summed E-state index contributed by atoms with van der Waals surface area (Å²) in [5.74, 6) is -0.101. The maximum atomic E-state index is 12.5. The molecule has 0 aromatic carbocycles. The Balaban J connectivity index is 3.50. The van der Waals surface area contributed by atoms with Gasteiger partial charge in [-0.25, -0.2) is 0 Å². The topological polar surface area (TPSA) is 95.9 Å². The van der Waals surface area contributed by atoms with E-state index in [9.17, 15) is 19.8 Å². The molecule has 0 spiro atoms. The van der Waals surface area contributed by atoms with E-state index < -0.39 is 12.1 Å². The number of nitrogens with one attached hydrogen (secondary N) is 1. The number of ether oxygens (including phenoxy) is 1. The predicted octanol–water partition coefficient (Wildman–Crippen LogP) is 16.7. The molecule has 3 N–H and O–H groups in total. The van der Waals surface area contributed by atoms with Crippen molar-refractivity contribution in [2.75, 3.05) is 13.2 Å². The molecule has 0 saturated heterocycles. The fraction of sp³-hybridized carbons (Fsp3) is 0.893. The van der Waals surface area contributed by atoms with Crippen LogP contribution >= 0.6 is 0 Å². The van der Waals surface area contributed by atoms with Crippen molar-refractivity contribution < 1.29 is 24.5 Å². The summed E-state index contributed by atoms with van der Waals surface area (Å²) >= 11 is 0. The summed E-state index contributed by atoms with van der Waals surface area (Å²) in [6, 6.07) is -0.640. The number of rotatable bonds is 51. The van der Waals surface area contributed by atoms with E-state index in [4.69, 9.17) is 4.74 Å². The molecular weight excluding hydrogens is 767 g/mol. The van der Waals surface area contributed by atoms with E-state index in [-0.39, 0.29) is 18.5 Å².